The fraction of sp³-hybridized carbons (Fsp3) is 0.429. The van der Waals surface area contributed by atoms with Crippen molar-refractivity contribution in [2.75, 3.05) is 7.05 Å². The number of hydrogen-bond acceptors (Lipinski definition) is 3. The highest BCUT2D eigenvalue weighted by Gasteiger charge is 2.18. The molecule has 0 radical (unpaired) electrons. The first-order valence-electron chi connectivity index (χ1n) is 9.14. The van der Waals surface area contributed by atoms with Crippen LogP contribution in [0.3, 0.4) is 0 Å². The van der Waals surface area contributed by atoms with Crippen molar-refractivity contribution in [1.82, 2.24) is 14.7 Å². The van der Waals surface area contributed by atoms with E-state index in [2.05, 4.69) is 25.0 Å². The van der Waals surface area contributed by atoms with Gasteiger partial charge in [-0.15, -0.1) is 0 Å². The van der Waals surface area contributed by atoms with E-state index in [0.29, 0.717) is 13.0 Å². The summed E-state index contributed by atoms with van der Waals surface area (Å²) in [4.78, 5) is 14.5. The second-order valence-electron chi connectivity index (χ2n) is 6.88. The van der Waals surface area contributed by atoms with Crippen molar-refractivity contribution < 1.29 is 9.21 Å². The number of para-hydroxylation sites is 1. The van der Waals surface area contributed by atoms with E-state index >= 15 is 0 Å². The fourth-order valence-electron chi connectivity index (χ4n) is 3.54. The number of amides is 1. The van der Waals surface area contributed by atoms with Gasteiger partial charge in [-0.3, -0.25) is 9.48 Å². The molecule has 2 heterocycles. The Morgan fingerprint density at radius 1 is 1.23 bits per heavy atom. The molecule has 0 aliphatic rings. The molecule has 0 N–H and O–H groups in total. The third-order valence-corrected chi connectivity index (χ3v) is 5.17. The molecule has 3 rings (SSSR count). The zero-order valence-corrected chi connectivity index (χ0v) is 16.3. The predicted molar refractivity (Wildman–Crippen MR) is 103 cm³/mol. The van der Waals surface area contributed by atoms with E-state index in [-0.39, 0.29) is 5.91 Å². The molecule has 0 unspecified atom stereocenters. The van der Waals surface area contributed by atoms with Crippen molar-refractivity contribution in [3.8, 4) is 0 Å². The first-order chi connectivity index (χ1) is 12.4. The van der Waals surface area contributed by atoms with Crippen molar-refractivity contribution >= 4 is 16.9 Å². The van der Waals surface area contributed by atoms with Crippen LogP contribution in [0.2, 0.25) is 0 Å². The summed E-state index contributed by atoms with van der Waals surface area (Å²) in [6.45, 7) is 6.71. The van der Waals surface area contributed by atoms with Gasteiger partial charge in [0.25, 0.3) is 0 Å². The number of aromatic nitrogens is 2. The molecule has 0 spiro atoms. The maximum Gasteiger partial charge on any atom is 0.222 e. The fourth-order valence-corrected chi connectivity index (χ4v) is 3.54. The van der Waals surface area contributed by atoms with Crippen LogP contribution in [0.4, 0.5) is 0 Å². The molecule has 0 aliphatic heterocycles. The van der Waals surface area contributed by atoms with E-state index in [4.69, 9.17) is 4.42 Å². The lowest BCUT2D eigenvalue weighted by molar-refractivity contribution is -0.130. The minimum absolute atomic E-state index is 0.139. The van der Waals surface area contributed by atoms with Gasteiger partial charge in [0.1, 0.15) is 11.3 Å². The van der Waals surface area contributed by atoms with E-state index in [1.807, 2.05) is 43.9 Å². The largest absolute Gasteiger partial charge is 0.461 e. The molecule has 0 saturated heterocycles. The van der Waals surface area contributed by atoms with Gasteiger partial charge in [-0.1, -0.05) is 25.1 Å². The van der Waals surface area contributed by atoms with E-state index < -0.39 is 0 Å². The average Bonchev–Trinajstić information content (AvgIpc) is 3.10. The Balaban J connectivity index is 1.72. The average molecular weight is 353 g/mol. The molecule has 5 nitrogen and oxygen atoms in total. The quantitative estimate of drug-likeness (QED) is 0.674. The monoisotopic (exact) mass is 353 g/mol. The van der Waals surface area contributed by atoms with Crippen LogP contribution < -0.4 is 0 Å². The summed E-state index contributed by atoms with van der Waals surface area (Å²) in [5.74, 6) is 1.10. The lowest BCUT2D eigenvalue weighted by Gasteiger charge is -2.17. The molecule has 1 amide bonds. The lowest BCUT2D eigenvalue weighted by Crippen LogP contribution is -2.26. The summed E-state index contributed by atoms with van der Waals surface area (Å²) >= 11 is 0. The van der Waals surface area contributed by atoms with Crippen molar-refractivity contribution in [1.29, 1.82) is 0 Å². The number of fused-ring (bicyclic) bond motifs is 1. The van der Waals surface area contributed by atoms with Crippen LogP contribution in [0, 0.1) is 13.8 Å². The Hall–Kier alpha value is -2.56. The van der Waals surface area contributed by atoms with E-state index in [9.17, 15) is 4.79 Å². The Bertz CT molecular complexity index is 936. The Morgan fingerprint density at radius 2 is 1.96 bits per heavy atom. The number of carbonyl (C=O) groups excluding carboxylic acids is 1. The maximum atomic E-state index is 12.7. The zero-order valence-electron chi connectivity index (χ0n) is 16.3. The van der Waals surface area contributed by atoms with Crippen molar-refractivity contribution in [2.45, 2.75) is 46.6 Å². The van der Waals surface area contributed by atoms with Gasteiger partial charge >= 0.3 is 0 Å². The summed E-state index contributed by atoms with van der Waals surface area (Å²) in [6, 6.07) is 8.03. The topological polar surface area (TPSA) is 51.3 Å². The number of hydrogen-bond donors (Lipinski definition) is 0. The minimum Gasteiger partial charge on any atom is -0.461 e. The normalized spacial score (nSPS) is 11.3. The SMILES string of the molecule is CCc1oc2ccccc2c1CN(C)C(=O)CCc1c(C)nn(C)c1C. The van der Waals surface area contributed by atoms with Crippen LogP contribution in [-0.2, 0) is 31.2 Å². The smallest absolute Gasteiger partial charge is 0.222 e. The van der Waals surface area contributed by atoms with Crippen LogP contribution in [0.25, 0.3) is 11.0 Å². The number of benzene rings is 1. The molecule has 0 fully saturated rings. The van der Waals surface area contributed by atoms with E-state index in [0.717, 1.165) is 46.5 Å². The molecular formula is C21H27N3O2. The molecule has 0 atom stereocenters. The summed E-state index contributed by atoms with van der Waals surface area (Å²) in [5, 5.41) is 5.53. The maximum absolute atomic E-state index is 12.7. The van der Waals surface area contributed by atoms with Gasteiger partial charge in [-0.2, -0.15) is 5.10 Å². The highest BCUT2D eigenvalue weighted by atomic mass is 16.3. The molecule has 0 aliphatic carbocycles. The van der Waals surface area contributed by atoms with Gasteiger partial charge in [-0.05, 0) is 31.9 Å². The molecule has 138 valence electrons. The van der Waals surface area contributed by atoms with Crippen LogP contribution in [0.15, 0.2) is 28.7 Å². The highest BCUT2D eigenvalue weighted by Crippen LogP contribution is 2.27. The molecule has 3 aromatic rings. The van der Waals surface area contributed by atoms with Gasteiger partial charge in [-0.25, -0.2) is 0 Å². The lowest BCUT2D eigenvalue weighted by atomic mass is 10.1. The molecule has 0 saturated carbocycles. The van der Waals surface area contributed by atoms with Gasteiger partial charge < -0.3 is 9.32 Å². The number of nitrogens with zero attached hydrogens (tertiary/aromatic N) is 3. The number of carbonyl (C=O) groups is 1. The summed E-state index contributed by atoms with van der Waals surface area (Å²) in [6.07, 6.45) is 2.03. The molecule has 2 aromatic heterocycles. The van der Waals surface area contributed by atoms with E-state index in [1.54, 1.807) is 4.90 Å². The number of aryl methyl sites for hydroxylation is 3. The first kappa shape index (κ1) is 18.2. The minimum atomic E-state index is 0.139. The molecule has 5 heteroatoms. The second-order valence-corrected chi connectivity index (χ2v) is 6.88. The van der Waals surface area contributed by atoms with Gasteiger partial charge in [0.05, 0.1) is 5.69 Å². The van der Waals surface area contributed by atoms with Crippen molar-refractivity contribution in [3.63, 3.8) is 0 Å². The van der Waals surface area contributed by atoms with Crippen LogP contribution >= 0.6 is 0 Å². The summed E-state index contributed by atoms with van der Waals surface area (Å²) in [7, 11) is 3.81. The third-order valence-electron chi connectivity index (χ3n) is 5.17. The number of furan rings is 1. The van der Waals surface area contributed by atoms with Crippen molar-refractivity contribution in [3.05, 3.63) is 52.5 Å². The second kappa shape index (κ2) is 7.36. The third kappa shape index (κ3) is 3.39. The predicted octanol–water partition coefficient (Wildman–Crippen LogP) is 3.94. The Labute approximate surface area is 154 Å². The zero-order chi connectivity index (χ0) is 18.8. The summed E-state index contributed by atoms with van der Waals surface area (Å²) in [5.41, 5.74) is 5.33. The highest BCUT2D eigenvalue weighted by molar-refractivity contribution is 5.83. The Morgan fingerprint density at radius 3 is 2.62 bits per heavy atom. The Kier molecular flexibility index (Phi) is 5.16. The van der Waals surface area contributed by atoms with Crippen LogP contribution in [0.5, 0.6) is 0 Å². The molecular weight excluding hydrogens is 326 g/mol. The molecule has 0 bridgehead atoms. The van der Waals surface area contributed by atoms with Gasteiger partial charge in [0.15, 0.2) is 0 Å². The summed E-state index contributed by atoms with van der Waals surface area (Å²) < 4.78 is 7.82. The van der Waals surface area contributed by atoms with Gasteiger partial charge in [0, 0.05) is 50.1 Å². The first-order valence-corrected chi connectivity index (χ1v) is 9.14. The van der Waals surface area contributed by atoms with Gasteiger partial charge in [0.2, 0.25) is 5.91 Å². The molecule has 1 aromatic carbocycles. The van der Waals surface area contributed by atoms with Crippen LogP contribution in [-0.4, -0.2) is 27.6 Å². The van der Waals surface area contributed by atoms with Crippen molar-refractivity contribution in [2.24, 2.45) is 7.05 Å². The number of rotatable bonds is 6. The van der Waals surface area contributed by atoms with Crippen LogP contribution in [0.1, 0.15) is 41.6 Å². The van der Waals surface area contributed by atoms with E-state index in [1.165, 1.54) is 5.56 Å². The standard InChI is InChI=1S/C21H27N3O2/c1-6-19-18(17-9-7-8-10-20(17)26-19)13-23(4)21(25)12-11-16-14(2)22-24(5)15(16)3/h7-10H,6,11-13H2,1-5H3. The molecule has 26 heavy (non-hydrogen) atoms.